The molecule has 5 aliphatic carbocycles. The van der Waals surface area contributed by atoms with E-state index in [0.29, 0.717) is 24.7 Å². The average molecular weight is 475 g/mol. The minimum Gasteiger partial charge on any atom is -0.396 e. The van der Waals surface area contributed by atoms with Crippen LogP contribution in [0.5, 0.6) is 0 Å². The summed E-state index contributed by atoms with van der Waals surface area (Å²) in [4.78, 5) is 0. The van der Waals surface area contributed by atoms with Crippen LogP contribution in [0.4, 0.5) is 0 Å². The van der Waals surface area contributed by atoms with Crippen LogP contribution in [0.15, 0.2) is 11.6 Å². The summed E-state index contributed by atoms with van der Waals surface area (Å²) in [6.07, 6.45) is 8.40. The maximum absolute atomic E-state index is 11.7. The van der Waals surface area contributed by atoms with E-state index in [1.54, 1.807) is 0 Å². The zero-order chi connectivity index (χ0) is 25.1. The first-order chi connectivity index (χ1) is 15.6. The Hall–Kier alpha value is -0.420. The van der Waals surface area contributed by atoms with E-state index in [2.05, 4.69) is 54.5 Å². The lowest BCUT2D eigenvalue weighted by Gasteiger charge is -2.72. The molecular weight excluding hydrogens is 424 g/mol. The molecule has 0 aromatic carbocycles. The molecule has 0 unspecified atom stereocenters. The maximum atomic E-state index is 11.7. The van der Waals surface area contributed by atoms with Gasteiger partial charge in [-0.15, -0.1) is 0 Å². The summed E-state index contributed by atoms with van der Waals surface area (Å²) < 4.78 is 0. The third kappa shape index (κ3) is 2.86. The summed E-state index contributed by atoms with van der Waals surface area (Å²) in [7, 11) is 0. The van der Waals surface area contributed by atoms with Gasteiger partial charge in [0.1, 0.15) is 0 Å². The highest BCUT2D eigenvalue weighted by atomic mass is 16.3. The second-order valence-corrected chi connectivity index (χ2v) is 15.2. The molecule has 0 spiro atoms. The van der Waals surface area contributed by atoms with Crippen molar-refractivity contribution in [2.24, 2.45) is 50.2 Å². The monoisotopic (exact) mass is 474 g/mol. The number of aliphatic hydroxyl groups is 4. The molecule has 4 saturated carbocycles. The molecule has 4 nitrogen and oxygen atoms in total. The molecule has 5 aliphatic rings. The lowest BCUT2D eigenvalue weighted by Crippen LogP contribution is -2.67. The molecule has 0 amide bonds. The van der Waals surface area contributed by atoms with Gasteiger partial charge in [-0.05, 0) is 96.2 Å². The molecule has 194 valence electrons. The molecule has 4 N–H and O–H groups in total. The maximum Gasteiger partial charge on any atom is 0.0633 e. The predicted octanol–water partition coefficient (Wildman–Crippen LogP) is 5.08. The molecule has 10 atom stereocenters. The molecule has 4 fully saturated rings. The van der Waals surface area contributed by atoms with Gasteiger partial charge in [-0.2, -0.15) is 0 Å². The Labute approximate surface area is 207 Å². The van der Waals surface area contributed by atoms with E-state index in [4.69, 9.17) is 0 Å². The first kappa shape index (κ1) is 25.2. The SMILES string of the molecule is CC1(C)C[C@H]2C3=CC[C@@H]4[C@@]5(C)CC[C@H](O)C(C)(C)[C@@H]5CC[C@@]4(C)[C@]3(C)C[C@H](O)[C@@]2(CO)C[C@@H]1O. The molecule has 0 radical (unpaired) electrons. The van der Waals surface area contributed by atoms with Gasteiger partial charge in [0, 0.05) is 5.41 Å². The summed E-state index contributed by atoms with van der Waals surface area (Å²) in [6.45, 7) is 16.2. The fraction of sp³-hybridized carbons (Fsp3) is 0.933. The van der Waals surface area contributed by atoms with Crippen molar-refractivity contribution in [2.45, 2.75) is 118 Å². The topological polar surface area (TPSA) is 80.9 Å². The minimum absolute atomic E-state index is 0.0641. The first-order valence-corrected chi connectivity index (χ1v) is 14.0. The van der Waals surface area contributed by atoms with Crippen molar-refractivity contribution < 1.29 is 20.4 Å². The van der Waals surface area contributed by atoms with Crippen molar-refractivity contribution in [3.63, 3.8) is 0 Å². The van der Waals surface area contributed by atoms with E-state index in [1.165, 1.54) is 5.57 Å². The lowest BCUT2D eigenvalue weighted by molar-refractivity contribution is -0.225. The number of hydrogen-bond acceptors (Lipinski definition) is 4. The van der Waals surface area contributed by atoms with Crippen molar-refractivity contribution in [3.05, 3.63) is 11.6 Å². The van der Waals surface area contributed by atoms with Gasteiger partial charge in [0.15, 0.2) is 0 Å². The van der Waals surface area contributed by atoms with Gasteiger partial charge in [-0.25, -0.2) is 0 Å². The third-order valence-electron chi connectivity index (χ3n) is 13.3. The third-order valence-corrected chi connectivity index (χ3v) is 13.3. The Bertz CT molecular complexity index is 877. The Kier molecular flexibility index (Phi) is 5.44. The van der Waals surface area contributed by atoms with E-state index in [0.717, 1.165) is 38.5 Å². The highest BCUT2D eigenvalue weighted by Crippen LogP contribution is 2.75. The smallest absolute Gasteiger partial charge is 0.0633 e. The molecule has 0 aromatic rings. The fourth-order valence-electron chi connectivity index (χ4n) is 10.7. The Morgan fingerprint density at radius 3 is 2.12 bits per heavy atom. The summed E-state index contributed by atoms with van der Waals surface area (Å²) in [6, 6.07) is 0. The second-order valence-electron chi connectivity index (χ2n) is 15.2. The molecular formula is C30H50O4. The van der Waals surface area contributed by atoms with Crippen LogP contribution in [-0.2, 0) is 0 Å². The Morgan fingerprint density at radius 2 is 1.47 bits per heavy atom. The standard InChI is InChI=1S/C30H50O4/c1-25(2)14-19-18-8-9-21-27(5)12-11-22(32)26(3,4)20(27)10-13-28(21,6)29(18,7)15-24(34)30(19,17-31)16-23(25)33/h8,19-24,31-34H,9-17H2,1-7H3/t19-,20-,21+,22-,23-,24-,27-,28+,29+,30+/m0/s1. The quantitative estimate of drug-likeness (QED) is 0.399. The van der Waals surface area contributed by atoms with E-state index in [1.807, 2.05) is 0 Å². The average Bonchev–Trinajstić information content (AvgIpc) is 2.73. The highest BCUT2D eigenvalue weighted by molar-refractivity contribution is 5.35. The number of hydrogen-bond donors (Lipinski definition) is 4. The van der Waals surface area contributed by atoms with Crippen LogP contribution in [0.3, 0.4) is 0 Å². The number of fused-ring (bicyclic) bond motifs is 7. The van der Waals surface area contributed by atoms with Crippen molar-refractivity contribution in [2.75, 3.05) is 6.61 Å². The van der Waals surface area contributed by atoms with E-state index in [-0.39, 0.29) is 45.7 Å². The zero-order valence-corrected chi connectivity index (χ0v) is 22.7. The van der Waals surface area contributed by atoms with Crippen molar-refractivity contribution >= 4 is 0 Å². The van der Waals surface area contributed by atoms with Crippen molar-refractivity contribution in [1.82, 2.24) is 0 Å². The van der Waals surface area contributed by atoms with Gasteiger partial charge in [-0.1, -0.05) is 60.1 Å². The number of rotatable bonds is 1. The van der Waals surface area contributed by atoms with Crippen molar-refractivity contribution in [1.29, 1.82) is 0 Å². The Balaban J connectivity index is 1.61. The summed E-state index contributed by atoms with van der Waals surface area (Å²) >= 11 is 0. The van der Waals surface area contributed by atoms with Crippen LogP contribution in [0, 0.1) is 50.2 Å². The van der Waals surface area contributed by atoms with Gasteiger partial charge in [-0.3, -0.25) is 0 Å². The largest absolute Gasteiger partial charge is 0.396 e. The highest BCUT2D eigenvalue weighted by Gasteiger charge is 2.70. The van der Waals surface area contributed by atoms with Gasteiger partial charge in [0.25, 0.3) is 0 Å². The van der Waals surface area contributed by atoms with Crippen LogP contribution in [0.25, 0.3) is 0 Å². The summed E-state index contributed by atoms with van der Waals surface area (Å²) in [5, 5.41) is 44.2. The van der Waals surface area contributed by atoms with Gasteiger partial charge < -0.3 is 20.4 Å². The predicted molar refractivity (Wildman–Crippen MR) is 135 cm³/mol. The van der Waals surface area contributed by atoms with Crippen LogP contribution in [0.2, 0.25) is 0 Å². The first-order valence-electron chi connectivity index (χ1n) is 14.0. The second kappa shape index (κ2) is 7.33. The van der Waals surface area contributed by atoms with Crippen LogP contribution in [0.1, 0.15) is 99.8 Å². The number of allylic oxidation sites excluding steroid dienone is 2. The van der Waals surface area contributed by atoms with Gasteiger partial charge >= 0.3 is 0 Å². The van der Waals surface area contributed by atoms with E-state index in [9.17, 15) is 20.4 Å². The molecule has 0 aliphatic heterocycles. The molecule has 0 aromatic heterocycles. The molecule has 5 rings (SSSR count). The normalized spacial score (nSPS) is 55.8. The molecule has 0 bridgehead atoms. The molecule has 0 saturated heterocycles. The van der Waals surface area contributed by atoms with Gasteiger partial charge in [0.05, 0.1) is 24.9 Å². The fourth-order valence-corrected chi connectivity index (χ4v) is 10.7. The van der Waals surface area contributed by atoms with E-state index < -0.39 is 17.6 Å². The van der Waals surface area contributed by atoms with Crippen LogP contribution >= 0.6 is 0 Å². The molecule has 34 heavy (non-hydrogen) atoms. The lowest BCUT2D eigenvalue weighted by atomic mass is 9.33. The van der Waals surface area contributed by atoms with Crippen molar-refractivity contribution in [3.8, 4) is 0 Å². The summed E-state index contributed by atoms with van der Waals surface area (Å²) in [5.41, 5.74) is 0.659. The van der Waals surface area contributed by atoms with Gasteiger partial charge in [0.2, 0.25) is 0 Å². The zero-order valence-electron chi connectivity index (χ0n) is 22.7. The van der Waals surface area contributed by atoms with E-state index >= 15 is 0 Å². The number of aliphatic hydroxyl groups excluding tert-OH is 4. The minimum atomic E-state index is -0.637. The molecule has 4 heteroatoms. The Morgan fingerprint density at radius 1 is 0.794 bits per heavy atom. The van der Waals surface area contributed by atoms with Crippen LogP contribution < -0.4 is 0 Å². The summed E-state index contributed by atoms with van der Waals surface area (Å²) in [5.74, 6) is 1.14. The van der Waals surface area contributed by atoms with Crippen LogP contribution in [-0.4, -0.2) is 45.3 Å². The molecule has 0 heterocycles.